The maximum Gasteiger partial charge on any atom is 0.211 e. The lowest BCUT2D eigenvalue weighted by Crippen LogP contribution is -2.44. The van der Waals surface area contributed by atoms with Crippen LogP contribution in [0, 0.1) is 11.3 Å². The molecule has 0 radical (unpaired) electrons. The average Bonchev–Trinajstić information content (AvgIpc) is 2.23. The quantitative estimate of drug-likeness (QED) is 0.702. The minimum atomic E-state index is -3.20. The van der Waals surface area contributed by atoms with Crippen molar-refractivity contribution in [2.24, 2.45) is 11.3 Å². The van der Waals surface area contributed by atoms with E-state index in [1.54, 1.807) is 0 Å². The molecule has 0 heterocycles. The molecule has 104 valence electrons. The summed E-state index contributed by atoms with van der Waals surface area (Å²) in [7, 11) is -3.20. The first-order valence-corrected chi connectivity index (χ1v) is 7.93. The molecule has 1 unspecified atom stereocenters. The van der Waals surface area contributed by atoms with Gasteiger partial charge in [-0.1, -0.05) is 41.0 Å². The number of aliphatic hydroxyl groups is 1. The predicted octanol–water partition coefficient (Wildman–Crippen LogP) is 1.75. The van der Waals surface area contributed by atoms with Gasteiger partial charge < -0.3 is 5.11 Å². The average molecular weight is 265 g/mol. The van der Waals surface area contributed by atoms with Crippen molar-refractivity contribution in [2.75, 3.05) is 12.3 Å². The van der Waals surface area contributed by atoms with Gasteiger partial charge in [-0.25, -0.2) is 13.1 Å². The fraction of sp³-hybridized carbons (Fsp3) is 1.00. The molecule has 0 aromatic heterocycles. The van der Waals surface area contributed by atoms with E-state index in [-0.39, 0.29) is 18.2 Å². The smallest absolute Gasteiger partial charge is 0.211 e. The number of nitrogens with one attached hydrogen (secondary N) is 1. The Morgan fingerprint density at radius 1 is 1.29 bits per heavy atom. The number of hydrogen-bond donors (Lipinski definition) is 2. The molecule has 0 amide bonds. The fourth-order valence-electron chi connectivity index (χ4n) is 1.71. The van der Waals surface area contributed by atoms with Crippen LogP contribution in [0.4, 0.5) is 0 Å². The zero-order valence-corrected chi connectivity index (χ0v) is 12.5. The van der Waals surface area contributed by atoms with Crippen molar-refractivity contribution < 1.29 is 13.5 Å². The highest BCUT2D eigenvalue weighted by Gasteiger charge is 2.31. The van der Waals surface area contributed by atoms with Crippen LogP contribution in [0.2, 0.25) is 0 Å². The maximum absolute atomic E-state index is 11.6. The Kier molecular flexibility index (Phi) is 6.66. The van der Waals surface area contributed by atoms with E-state index < -0.39 is 21.5 Å². The highest BCUT2D eigenvalue weighted by atomic mass is 32.2. The predicted molar refractivity (Wildman–Crippen MR) is 71.3 cm³/mol. The van der Waals surface area contributed by atoms with Gasteiger partial charge in [0.15, 0.2) is 0 Å². The van der Waals surface area contributed by atoms with E-state index in [2.05, 4.69) is 4.72 Å². The van der Waals surface area contributed by atoms with Crippen molar-refractivity contribution >= 4 is 10.0 Å². The molecule has 4 nitrogen and oxygen atoms in total. The SMILES string of the molecule is CCCCS(=O)(=O)NCC(C)(C)C(O)C(C)C. The minimum Gasteiger partial charge on any atom is -0.392 e. The molecule has 5 heteroatoms. The summed E-state index contributed by atoms with van der Waals surface area (Å²) in [6.07, 6.45) is 1.01. The van der Waals surface area contributed by atoms with Gasteiger partial charge in [0.05, 0.1) is 11.9 Å². The fourth-order valence-corrected chi connectivity index (χ4v) is 3.11. The first-order chi connectivity index (χ1) is 7.62. The summed E-state index contributed by atoms with van der Waals surface area (Å²) >= 11 is 0. The molecule has 0 spiro atoms. The number of hydrogen-bond acceptors (Lipinski definition) is 3. The molecule has 0 aromatic carbocycles. The lowest BCUT2D eigenvalue weighted by atomic mass is 9.81. The molecule has 0 saturated heterocycles. The zero-order valence-electron chi connectivity index (χ0n) is 11.7. The van der Waals surface area contributed by atoms with E-state index in [1.165, 1.54) is 0 Å². The molecule has 0 saturated carbocycles. The summed E-state index contributed by atoms with van der Waals surface area (Å²) in [6, 6.07) is 0. The van der Waals surface area contributed by atoms with Crippen LogP contribution in [0.5, 0.6) is 0 Å². The van der Waals surface area contributed by atoms with Crippen molar-refractivity contribution in [1.29, 1.82) is 0 Å². The lowest BCUT2D eigenvalue weighted by molar-refractivity contribution is 0.0166. The van der Waals surface area contributed by atoms with E-state index in [0.717, 1.165) is 6.42 Å². The molecule has 0 fully saturated rings. The molecular weight excluding hydrogens is 238 g/mol. The zero-order chi connectivity index (χ0) is 13.7. The van der Waals surface area contributed by atoms with Gasteiger partial charge in [-0.3, -0.25) is 0 Å². The van der Waals surface area contributed by atoms with Gasteiger partial charge in [0, 0.05) is 12.0 Å². The van der Waals surface area contributed by atoms with Crippen LogP contribution in [0.25, 0.3) is 0 Å². The second-order valence-electron chi connectivity index (χ2n) is 5.67. The van der Waals surface area contributed by atoms with Gasteiger partial charge in [0.1, 0.15) is 0 Å². The summed E-state index contributed by atoms with van der Waals surface area (Å²) in [5.74, 6) is 0.280. The van der Waals surface area contributed by atoms with Gasteiger partial charge in [0.2, 0.25) is 10.0 Å². The number of aliphatic hydroxyl groups excluding tert-OH is 1. The maximum atomic E-state index is 11.6. The second-order valence-corrected chi connectivity index (χ2v) is 7.60. The van der Waals surface area contributed by atoms with E-state index in [1.807, 2.05) is 34.6 Å². The van der Waals surface area contributed by atoms with E-state index >= 15 is 0 Å². The third-order valence-electron chi connectivity index (χ3n) is 2.95. The van der Waals surface area contributed by atoms with Gasteiger partial charge >= 0.3 is 0 Å². The van der Waals surface area contributed by atoms with Crippen LogP contribution in [0.15, 0.2) is 0 Å². The van der Waals surface area contributed by atoms with E-state index in [4.69, 9.17) is 0 Å². The standard InChI is InChI=1S/C12H27NO3S/c1-6-7-8-17(15,16)13-9-12(4,5)11(14)10(2)3/h10-11,13-14H,6-9H2,1-5H3. The Hall–Kier alpha value is -0.130. The van der Waals surface area contributed by atoms with Crippen LogP contribution in [0.1, 0.15) is 47.5 Å². The normalized spacial score (nSPS) is 15.2. The summed E-state index contributed by atoms with van der Waals surface area (Å²) in [5.41, 5.74) is -0.451. The first kappa shape index (κ1) is 16.9. The van der Waals surface area contributed by atoms with E-state index in [0.29, 0.717) is 6.42 Å². The third kappa shape index (κ3) is 6.38. The van der Waals surface area contributed by atoms with Gasteiger partial charge in [-0.05, 0) is 12.3 Å². The summed E-state index contributed by atoms with van der Waals surface area (Å²) in [5, 5.41) is 9.99. The Morgan fingerprint density at radius 3 is 2.24 bits per heavy atom. The Morgan fingerprint density at radius 2 is 1.82 bits per heavy atom. The van der Waals surface area contributed by atoms with Crippen LogP contribution >= 0.6 is 0 Å². The molecule has 0 aliphatic heterocycles. The summed E-state index contributed by atoms with van der Waals surface area (Å²) in [4.78, 5) is 0. The summed E-state index contributed by atoms with van der Waals surface area (Å²) < 4.78 is 25.9. The second kappa shape index (κ2) is 6.71. The number of unbranched alkanes of at least 4 members (excludes halogenated alkanes) is 1. The Balaban J connectivity index is 4.35. The molecule has 0 bridgehead atoms. The highest BCUT2D eigenvalue weighted by molar-refractivity contribution is 7.89. The van der Waals surface area contributed by atoms with Crippen LogP contribution in [0.3, 0.4) is 0 Å². The molecule has 0 aromatic rings. The van der Waals surface area contributed by atoms with Gasteiger partial charge in [-0.15, -0.1) is 0 Å². The van der Waals surface area contributed by atoms with Crippen molar-refractivity contribution in [1.82, 2.24) is 4.72 Å². The topological polar surface area (TPSA) is 66.4 Å². The molecule has 0 rings (SSSR count). The largest absolute Gasteiger partial charge is 0.392 e. The van der Waals surface area contributed by atoms with Gasteiger partial charge in [-0.2, -0.15) is 0 Å². The molecule has 2 N–H and O–H groups in total. The lowest BCUT2D eigenvalue weighted by Gasteiger charge is -2.33. The Labute approximate surface area is 106 Å². The van der Waals surface area contributed by atoms with Crippen LogP contribution < -0.4 is 4.72 Å². The Bertz CT molecular complexity index is 310. The van der Waals surface area contributed by atoms with Crippen molar-refractivity contribution in [3.05, 3.63) is 0 Å². The molecule has 17 heavy (non-hydrogen) atoms. The van der Waals surface area contributed by atoms with Crippen LogP contribution in [-0.4, -0.2) is 31.9 Å². The highest BCUT2D eigenvalue weighted by Crippen LogP contribution is 2.25. The summed E-state index contributed by atoms with van der Waals surface area (Å²) in [6.45, 7) is 9.84. The molecule has 1 atom stereocenters. The monoisotopic (exact) mass is 265 g/mol. The number of sulfonamides is 1. The molecule has 0 aliphatic carbocycles. The third-order valence-corrected chi connectivity index (χ3v) is 4.36. The van der Waals surface area contributed by atoms with Crippen molar-refractivity contribution in [3.8, 4) is 0 Å². The van der Waals surface area contributed by atoms with E-state index in [9.17, 15) is 13.5 Å². The van der Waals surface area contributed by atoms with Gasteiger partial charge in [0.25, 0.3) is 0 Å². The molecule has 0 aliphatic rings. The van der Waals surface area contributed by atoms with Crippen LogP contribution in [-0.2, 0) is 10.0 Å². The van der Waals surface area contributed by atoms with Crippen molar-refractivity contribution in [2.45, 2.75) is 53.6 Å². The number of rotatable bonds is 8. The first-order valence-electron chi connectivity index (χ1n) is 6.28. The minimum absolute atomic E-state index is 0.116. The molecular formula is C12H27NO3S. The van der Waals surface area contributed by atoms with Crippen molar-refractivity contribution in [3.63, 3.8) is 0 Å².